The van der Waals surface area contributed by atoms with E-state index in [1.807, 2.05) is 38.1 Å². The smallest absolute Gasteiger partial charge is 0.253 e. The van der Waals surface area contributed by atoms with Crippen LogP contribution in [0.5, 0.6) is 0 Å². The van der Waals surface area contributed by atoms with Crippen LogP contribution >= 0.6 is 0 Å². The van der Waals surface area contributed by atoms with E-state index >= 15 is 0 Å². The lowest BCUT2D eigenvalue weighted by Gasteiger charge is -2.14. The summed E-state index contributed by atoms with van der Waals surface area (Å²) in [4.78, 5) is 12.1. The highest BCUT2D eigenvalue weighted by molar-refractivity contribution is 5.99. The van der Waals surface area contributed by atoms with Gasteiger partial charge in [0.1, 0.15) is 0 Å². The largest absolute Gasteiger partial charge is 0.384 e. The minimum Gasteiger partial charge on any atom is -0.384 e. The molecular weight excluding hydrogens is 240 g/mol. The standard InChI is InChI=1S/C15H24N2O2/c1-4-10-16-14-9-7-6-8-13(14)15(18)17-11-12(3)19-5-2/h6-9,12,16H,4-5,10-11H2,1-3H3,(H,17,18). The minimum atomic E-state index is -0.0641. The lowest BCUT2D eigenvalue weighted by Crippen LogP contribution is -2.32. The van der Waals surface area contributed by atoms with Crippen LogP contribution in [0, 0.1) is 0 Å². The lowest BCUT2D eigenvalue weighted by atomic mass is 10.1. The van der Waals surface area contributed by atoms with Crippen molar-refractivity contribution in [2.24, 2.45) is 0 Å². The van der Waals surface area contributed by atoms with Crippen LogP contribution in [0.2, 0.25) is 0 Å². The highest BCUT2D eigenvalue weighted by Gasteiger charge is 2.11. The molecule has 0 aliphatic rings. The first-order valence-electron chi connectivity index (χ1n) is 6.91. The van der Waals surface area contributed by atoms with Crippen molar-refractivity contribution in [3.8, 4) is 0 Å². The summed E-state index contributed by atoms with van der Waals surface area (Å²) in [5.41, 5.74) is 1.56. The van der Waals surface area contributed by atoms with Gasteiger partial charge >= 0.3 is 0 Å². The molecule has 0 aromatic heterocycles. The topological polar surface area (TPSA) is 50.4 Å². The first-order valence-corrected chi connectivity index (χ1v) is 6.91. The Morgan fingerprint density at radius 1 is 1.32 bits per heavy atom. The second kappa shape index (κ2) is 8.53. The molecule has 1 atom stereocenters. The van der Waals surface area contributed by atoms with E-state index in [4.69, 9.17) is 4.74 Å². The molecular formula is C15H24N2O2. The summed E-state index contributed by atoms with van der Waals surface area (Å²) < 4.78 is 5.39. The van der Waals surface area contributed by atoms with Gasteiger partial charge in [-0.1, -0.05) is 19.1 Å². The van der Waals surface area contributed by atoms with Crippen LogP contribution in [0.4, 0.5) is 5.69 Å². The molecule has 0 bridgehead atoms. The van der Waals surface area contributed by atoms with Gasteiger partial charge in [0.15, 0.2) is 0 Å². The van der Waals surface area contributed by atoms with Gasteiger partial charge < -0.3 is 15.4 Å². The molecule has 0 aliphatic carbocycles. The molecule has 106 valence electrons. The van der Waals surface area contributed by atoms with Crippen molar-refractivity contribution >= 4 is 11.6 Å². The molecule has 1 amide bonds. The average molecular weight is 264 g/mol. The van der Waals surface area contributed by atoms with E-state index in [9.17, 15) is 4.79 Å². The SMILES string of the molecule is CCCNc1ccccc1C(=O)NCC(C)OCC. The van der Waals surface area contributed by atoms with Crippen LogP contribution in [-0.4, -0.2) is 31.7 Å². The molecule has 4 nitrogen and oxygen atoms in total. The molecule has 0 radical (unpaired) electrons. The molecule has 1 aromatic rings. The number of hydrogen-bond donors (Lipinski definition) is 2. The van der Waals surface area contributed by atoms with Crippen molar-refractivity contribution in [1.82, 2.24) is 5.32 Å². The molecule has 0 saturated carbocycles. The first-order chi connectivity index (χ1) is 9.19. The quantitative estimate of drug-likeness (QED) is 0.759. The van der Waals surface area contributed by atoms with Crippen molar-refractivity contribution in [2.75, 3.05) is 25.0 Å². The second-order valence-electron chi connectivity index (χ2n) is 4.45. The number of ether oxygens (including phenoxy) is 1. The number of carbonyl (C=O) groups is 1. The van der Waals surface area contributed by atoms with Gasteiger partial charge in [-0.25, -0.2) is 0 Å². The molecule has 0 heterocycles. The predicted molar refractivity (Wildman–Crippen MR) is 78.6 cm³/mol. The Morgan fingerprint density at radius 3 is 2.74 bits per heavy atom. The second-order valence-corrected chi connectivity index (χ2v) is 4.45. The fourth-order valence-corrected chi connectivity index (χ4v) is 1.77. The number of para-hydroxylation sites is 1. The molecule has 2 N–H and O–H groups in total. The number of anilines is 1. The van der Waals surface area contributed by atoms with Crippen molar-refractivity contribution in [3.05, 3.63) is 29.8 Å². The number of nitrogens with one attached hydrogen (secondary N) is 2. The molecule has 1 unspecified atom stereocenters. The molecule has 1 rings (SSSR count). The highest BCUT2D eigenvalue weighted by Crippen LogP contribution is 2.14. The Morgan fingerprint density at radius 2 is 2.05 bits per heavy atom. The minimum absolute atomic E-state index is 0.0321. The van der Waals surface area contributed by atoms with Gasteiger partial charge in [-0.05, 0) is 32.4 Å². The van der Waals surface area contributed by atoms with Crippen LogP contribution in [-0.2, 0) is 4.74 Å². The zero-order valence-corrected chi connectivity index (χ0v) is 12.0. The predicted octanol–water partition coefficient (Wildman–Crippen LogP) is 2.66. The number of benzene rings is 1. The monoisotopic (exact) mass is 264 g/mol. The van der Waals surface area contributed by atoms with Crippen LogP contribution in [0.3, 0.4) is 0 Å². The lowest BCUT2D eigenvalue weighted by molar-refractivity contribution is 0.0695. The summed E-state index contributed by atoms with van der Waals surface area (Å²) in [6, 6.07) is 7.56. The van der Waals surface area contributed by atoms with Gasteiger partial charge in [0, 0.05) is 25.4 Å². The van der Waals surface area contributed by atoms with Crippen LogP contribution < -0.4 is 10.6 Å². The summed E-state index contributed by atoms with van der Waals surface area (Å²) >= 11 is 0. The maximum atomic E-state index is 12.1. The number of hydrogen-bond acceptors (Lipinski definition) is 3. The van der Waals surface area contributed by atoms with E-state index in [1.54, 1.807) is 0 Å². The van der Waals surface area contributed by atoms with Crippen LogP contribution in [0.1, 0.15) is 37.6 Å². The van der Waals surface area contributed by atoms with Crippen molar-refractivity contribution < 1.29 is 9.53 Å². The average Bonchev–Trinajstić information content (AvgIpc) is 2.43. The molecule has 0 spiro atoms. The Balaban J connectivity index is 2.60. The van der Waals surface area contributed by atoms with Crippen molar-refractivity contribution in [1.29, 1.82) is 0 Å². The number of amides is 1. The maximum absolute atomic E-state index is 12.1. The first kappa shape index (κ1) is 15.5. The summed E-state index contributed by atoms with van der Waals surface area (Å²) in [5, 5.41) is 6.16. The van der Waals surface area contributed by atoms with Gasteiger partial charge in [0.25, 0.3) is 5.91 Å². The number of rotatable bonds is 8. The Kier molecular flexibility index (Phi) is 6.97. The van der Waals surface area contributed by atoms with E-state index in [1.165, 1.54) is 0 Å². The number of carbonyl (C=O) groups excluding carboxylic acids is 1. The van der Waals surface area contributed by atoms with E-state index in [2.05, 4.69) is 17.6 Å². The van der Waals surface area contributed by atoms with Gasteiger partial charge in [-0.15, -0.1) is 0 Å². The molecule has 4 heteroatoms. The van der Waals surface area contributed by atoms with Gasteiger partial charge in [-0.2, -0.15) is 0 Å². The molecule has 1 aromatic carbocycles. The van der Waals surface area contributed by atoms with Gasteiger partial charge in [0.05, 0.1) is 11.7 Å². The Hall–Kier alpha value is -1.55. The zero-order chi connectivity index (χ0) is 14.1. The van der Waals surface area contributed by atoms with Crippen LogP contribution in [0.15, 0.2) is 24.3 Å². The third-order valence-corrected chi connectivity index (χ3v) is 2.74. The maximum Gasteiger partial charge on any atom is 0.253 e. The molecule has 0 fully saturated rings. The fraction of sp³-hybridized carbons (Fsp3) is 0.533. The van der Waals surface area contributed by atoms with E-state index in [-0.39, 0.29) is 12.0 Å². The third kappa shape index (κ3) is 5.30. The molecule has 0 saturated heterocycles. The van der Waals surface area contributed by atoms with E-state index < -0.39 is 0 Å². The summed E-state index contributed by atoms with van der Waals surface area (Å²) in [6.07, 6.45) is 1.06. The Bertz CT molecular complexity index is 393. The zero-order valence-electron chi connectivity index (χ0n) is 12.0. The van der Waals surface area contributed by atoms with Gasteiger partial charge in [-0.3, -0.25) is 4.79 Å². The van der Waals surface area contributed by atoms with Gasteiger partial charge in [0.2, 0.25) is 0 Å². The van der Waals surface area contributed by atoms with Crippen molar-refractivity contribution in [3.63, 3.8) is 0 Å². The van der Waals surface area contributed by atoms with E-state index in [0.717, 1.165) is 18.7 Å². The normalized spacial score (nSPS) is 11.9. The molecule has 19 heavy (non-hydrogen) atoms. The summed E-state index contributed by atoms with van der Waals surface area (Å²) in [6.45, 7) is 8.03. The Labute approximate surface area is 115 Å². The fourth-order valence-electron chi connectivity index (χ4n) is 1.77. The van der Waals surface area contributed by atoms with Crippen LogP contribution in [0.25, 0.3) is 0 Å². The molecule has 0 aliphatic heterocycles. The summed E-state index contributed by atoms with van der Waals surface area (Å²) in [7, 11) is 0. The van der Waals surface area contributed by atoms with E-state index in [0.29, 0.717) is 18.7 Å². The summed E-state index contributed by atoms with van der Waals surface area (Å²) in [5.74, 6) is -0.0641. The highest BCUT2D eigenvalue weighted by atomic mass is 16.5. The third-order valence-electron chi connectivity index (χ3n) is 2.74. The van der Waals surface area contributed by atoms with Crippen molar-refractivity contribution in [2.45, 2.75) is 33.3 Å².